The Balaban J connectivity index is 1.69. The van der Waals surface area contributed by atoms with Crippen LogP contribution in [0.4, 0.5) is 0 Å². The monoisotopic (exact) mass is 269 g/mol. The highest BCUT2D eigenvalue weighted by atomic mass is 16.5. The number of carboxylic acids is 1. The molecule has 1 N–H and O–H groups in total. The van der Waals surface area contributed by atoms with E-state index in [1.165, 1.54) is 0 Å². The summed E-state index contributed by atoms with van der Waals surface area (Å²) >= 11 is 0. The summed E-state index contributed by atoms with van der Waals surface area (Å²) in [4.78, 5) is 24.7. The van der Waals surface area contributed by atoms with E-state index in [1.807, 2.05) is 4.90 Å². The standard InChI is InChI=1S/C14H23NO4/c1-2-3-8-19-10-12(16)15-6-4-14(5-7-15)9-11(14)13(17)18/h11H,2-10H2,1H3,(H,17,18). The normalized spacial score (nSPS) is 24.5. The van der Waals surface area contributed by atoms with Gasteiger partial charge in [0.05, 0.1) is 5.92 Å². The van der Waals surface area contributed by atoms with Crippen molar-refractivity contribution in [3.8, 4) is 0 Å². The average Bonchev–Trinajstić information content (AvgIpc) is 3.10. The maximum atomic E-state index is 11.9. The van der Waals surface area contributed by atoms with Crippen LogP contribution >= 0.6 is 0 Å². The number of hydrogen-bond donors (Lipinski definition) is 1. The zero-order valence-electron chi connectivity index (χ0n) is 11.6. The lowest BCUT2D eigenvalue weighted by Gasteiger charge is -2.32. The Hall–Kier alpha value is -1.10. The number of rotatable bonds is 6. The molecular formula is C14H23NO4. The van der Waals surface area contributed by atoms with Crippen molar-refractivity contribution in [2.75, 3.05) is 26.3 Å². The molecule has 1 saturated heterocycles. The zero-order chi connectivity index (χ0) is 13.9. The van der Waals surface area contributed by atoms with Gasteiger partial charge in [0.25, 0.3) is 0 Å². The van der Waals surface area contributed by atoms with E-state index in [-0.39, 0.29) is 23.8 Å². The molecule has 1 aliphatic carbocycles. The smallest absolute Gasteiger partial charge is 0.307 e. The molecule has 2 aliphatic rings. The molecule has 1 unspecified atom stereocenters. The summed E-state index contributed by atoms with van der Waals surface area (Å²) in [5, 5.41) is 9.01. The van der Waals surface area contributed by atoms with E-state index in [4.69, 9.17) is 9.84 Å². The molecule has 19 heavy (non-hydrogen) atoms. The van der Waals surface area contributed by atoms with Crippen LogP contribution in [0.5, 0.6) is 0 Å². The van der Waals surface area contributed by atoms with E-state index in [0.717, 1.165) is 32.1 Å². The molecule has 108 valence electrons. The van der Waals surface area contributed by atoms with Crippen molar-refractivity contribution in [3.63, 3.8) is 0 Å². The number of aliphatic carboxylic acids is 1. The van der Waals surface area contributed by atoms with Gasteiger partial charge < -0.3 is 14.7 Å². The predicted octanol–water partition coefficient (Wildman–Crippen LogP) is 1.52. The molecule has 0 radical (unpaired) electrons. The van der Waals surface area contributed by atoms with Gasteiger partial charge in [-0.3, -0.25) is 9.59 Å². The second-order valence-electron chi connectivity index (χ2n) is 5.74. The Morgan fingerprint density at radius 3 is 2.58 bits per heavy atom. The number of amides is 1. The molecule has 2 rings (SSSR count). The first-order chi connectivity index (χ1) is 9.09. The lowest BCUT2D eigenvalue weighted by Crippen LogP contribution is -2.41. The van der Waals surface area contributed by atoms with Gasteiger partial charge in [0.2, 0.25) is 5.91 Å². The molecule has 0 aromatic rings. The Labute approximate surface area is 113 Å². The molecule has 0 bridgehead atoms. The summed E-state index contributed by atoms with van der Waals surface area (Å²) in [6.07, 6.45) is 4.49. The van der Waals surface area contributed by atoms with Crippen molar-refractivity contribution >= 4 is 11.9 Å². The third-order valence-corrected chi connectivity index (χ3v) is 4.47. The van der Waals surface area contributed by atoms with E-state index >= 15 is 0 Å². The van der Waals surface area contributed by atoms with Crippen LogP contribution in [0, 0.1) is 11.3 Å². The van der Waals surface area contributed by atoms with Gasteiger partial charge in [-0.2, -0.15) is 0 Å². The fraction of sp³-hybridized carbons (Fsp3) is 0.857. The van der Waals surface area contributed by atoms with Crippen LogP contribution in [0.15, 0.2) is 0 Å². The molecule has 1 saturated carbocycles. The fourth-order valence-corrected chi connectivity index (χ4v) is 2.95. The first-order valence-corrected chi connectivity index (χ1v) is 7.17. The molecule has 5 heteroatoms. The number of unbranched alkanes of at least 4 members (excludes halogenated alkanes) is 1. The minimum atomic E-state index is -0.678. The number of hydrogen-bond acceptors (Lipinski definition) is 3. The van der Waals surface area contributed by atoms with E-state index in [0.29, 0.717) is 19.7 Å². The molecule has 1 aliphatic heterocycles. The summed E-state index contributed by atoms with van der Waals surface area (Å²) in [6.45, 7) is 4.25. The molecule has 0 aromatic carbocycles. The lowest BCUT2D eigenvalue weighted by molar-refractivity contribution is -0.140. The van der Waals surface area contributed by atoms with Gasteiger partial charge >= 0.3 is 5.97 Å². The highest BCUT2D eigenvalue weighted by Gasteiger charge is 2.59. The molecule has 1 spiro atoms. The molecule has 0 aromatic heterocycles. The number of carbonyl (C=O) groups is 2. The second kappa shape index (κ2) is 5.90. The van der Waals surface area contributed by atoms with Gasteiger partial charge in [-0.15, -0.1) is 0 Å². The second-order valence-corrected chi connectivity index (χ2v) is 5.74. The van der Waals surface area contributed by atoms with Crippen LogP contribution < -0.4 is 0 Å². The number of nitrogens with zero attached hydrogens (tertiary/aromatic N) is 1. The summed E-state index contributed by atoms with van der Waals surface area (Å²) in [7, 11) is 0. The topological polar surface area (TPSA) is 66.8 Å². The summed E-state index contributed by atoms with van der Waals surface area (Å²) < 4.78 is 5.33. The van der Waals surface area contributed by atoms with Crippen LogP contribution in [-0.2, 0) is 14.3 Å². The maximum absolute atomic E-state index is 11.9. The zero-order valence-corrected chi connectivity index (χ0v) is 11.6. The van der Waals surface area contributed by atoms with Crippen LogP contribution in [0.1, 0.15) is 39.0 Å². The minimum absolute atomic E-state index is 0.00825. The highest BCUT2D eigenvalue weighted by molar-refractivity contribution is 5.78. The summed E-state index contributed by atoms with van der Waals surface area (Å²) in [5.41, 5.74) is -0.00825. The van der Waals surface area contributed by atoms with E-state index in [9.17, 15) is 9.59 Å². The van der Waals surface area contributed by atoms with Crippen molar-refractivity contribution in [1.29, 1.82) is 0 Å². The van der Waals surface area contributed by atoms with Crippen molar-refractivity contribution in [2.45, 2.75) is 39.0 Å². The van der Waals surface area contributed by atoms with Gasteiger partial charge in [0.1, 0.15) is 6.61 Å². The number of likely N-dealkylation sites (tertiary alicyclic amines) is 1. The Morgan fingerprint density at radius 1 is 1.37 bits per heavy atom. The van der Waals surface area contributed by atoms with Gasteiger partial charge in [0.15, 0.2) is 0 Å². The van der Waals surface area contributed by atoms with Crippen molar-refractivity contribution in [2.24, 2.45) is 11.3 Å². The molecule has 1 atom stereocenters. The fourth-order valence-electron chi connectivity index (χ4n) is 2.95. The SMILES string of the molecule is CCCCOCC(=O)N1CCC2(CC1)CC2C(=O)O. The third-order valence-electron chi connectivity index (χ3n) is 4.47. The first-order valence-electron chi connectivity index (χ1n) is 7.17. The number of carboxylic acid groups (broad SMARTS) is 1. The minimum Gasteiger partial charge on any atom is -0.481 e. The largest absolute Gasteiger partial charge is 0.481 e. The Kier molecular flexibility index (Phi) is 4.45. The van der Waals surface area contributed by atoms with Crippen molar-refractivity contribution in [3.05, 3.63) is 0 Å². The van der Waals surface area contributed by atoms with Gasteiger partial charge in [-0.25, -0.2) is 0 Å². The predicted molar refractivity (Wildman–Crippen MR) is 69.7 cm³/mol. The summed E-state index contributed by atoms with van der Waals surface area (Å²) in [6, 6.07) is 0. The quantitative estimate of drug-likeness (QED) is 0.742. The van der Waals surface area contributed by atoms with Crippen LogP contribution in [0.2, 0.25) is 0 Å². The third kappa shape index (κ3) is 3.26. The van der Waals surface area contributed by atoms with Gasteiger partial charge in [-0.05, 0) is 31.1 Å². The van der Waals surface area contributed by atoms with Crippen LogP contribution in [0.3, 0.4) is 0 Å². The number of piperidine rings is 1. The number of carbonyl (C=O) groups excluding carboxylic acids is 1. The Morgan fingerprint density at radius 2 is 2.05 bits per heavy atom. The van der Waals surface area contributed by atoms with Crippen molar-refractivity contribution < 1.29 is 19.4 Å². The summed E-state index contributed by atoms with van der Waals surface area (Å²) in [5.74, 6) is -0.813. The average molecular weight is 269 g/mol. The van der Waals surface area contributed by atoms with Crippen molar-refractivity contribution in [1.82, 2.24) is 4.90 Å². The molecule has 5 nitrogen and oxygen atoms in total. The molecule has 1 heterocycles. The van der Waals surface area contributed by atoms with E-state index in [1.54, 1.807) is 0 Å². The Bertz CT molecular complexity index is 347. The highest BCUT2D eigenvalue weighted by Crippen LogP contribution is 2.59. The maximum Gasteiger partial charge on any atom is 0.307 e. The van der Waals surface area contributed by atoms with Crippen LogP contribution in [-0.4, -0.2) is 48.2 Å². The van der Waals surface area contributed by atoms with Gasteiger partial charge in [-0.1, -0.05) is 13.3 Å². The van der Waals surface area contributed by atoms with Gasteiger partial charge in [0, 0.05) is 19.7 Å². The molecular weight excluding hydrogens is 246 g/mol. The first kappa shape index (κ1) is 14.3. The number of ether oxygens (including phenoxy) is 1. The molecule has 2 fully saturated rings. The lowest BCUT2D eigenvalue weighted by atomic mass is 9.91. The van der Waals surface area contributed by atoms with Crippen LogP contribution in [0.25, 0.3) is 0 Å². The van der Waals surface area contributed by atoms with E-state index < -0.39 is 5.97 Å². The van der Waals surface area contributed by atoms with E-state index in [2.05, 4.69) is 6.92 Å². The molecule has 1 amide bonds.